The van der Waals surface area contributed by atoms with Crippen molar-refractivity contribution >= 4 is 0 Å². The summed E-state index contributed by atoms with van der Waals surface area (Å²) in [6.07, 6.45) is 10.6. The number of methoxy groups -OCH3 is 1. The summed E-state index contributed by atoms with van der Waals surface area (Å²) in [6, 6.07) is 0.0311. The van der Waals surface area contributed by atoms with E-state index in [1.807, 2.05) is 4.68 Å². The van der Waals surface area contributed by atoms with Crippen molar-refractivity contribution in [2.75, 3.05) is 7.11 Å². The fourth-order valence-electron chi connectivity index (χ4n) is 2.44. The summed E-state index contributed by atoms with van der Waals surface area (Å²) in [5.74, 6) is 0.820. The largest absolute Gasteiger partial charge is 0.493 e. The molecule has 0 spiro atoms. The van der Waals surface area contributed by atoms with Crippen LogP contribution in [0.5, 0.6) is 5.75 Å². The lowest BCUT2D eigenvalue weighted by atomic mass is 10.0. The van der Waals surface area contributed by atoms with E-state index in [-0.39, 0.29) is 6.04 Å². The number of hydrogen-bond acceptors (Lipinski definition) is 3. The van der Waals surface area contributed by atoms with Crippen LogP contribution in [-0.2, 0) is 6.54 Å². The van der Waals surface area contributed by atoms with Gasteiger partial charge in [-0.2, -0.15) is 5.10 Å². The van der Waals surface area contributed by atoms with E-state index in [0.29, 0.717) is 0 Å². The molecule has 4 heteroatoms. The third kappa shape index (κ3) is 4.86. The van der Waals surface area contributed by atoms with Crippen molar-refractivity contribution in [3.63, 3.8) is 0 Å². The monoisotopic (exact) mass is 267 g/mol. The predicted molar refractivity (Wildman–Crippen MR) is 79.4 cm³/mol. The van der Waals surface area contributed by atoms with E-state index in [4.69, 9.17) is 10.5 Å². The molecule has 0 amide bonds. The van der Waals surface area contributed by atoms with Gasteiger partial charge in [-0.15, -0.1) is 0 Å². The van der Waals surface area contributed by atoms with Crippen LogP contribution < -0.4 is 10.5 Å². The summed E-state index contributed by atoms with van der Waals surface area (Å²) >= 11 is 0. The lowest BCUT2D eigenvalue weighted by Gasteiger charge is -2.15. The molecule has 4 nitrogen and oxygen atoms in total. The van der Waals surface area contributed by atoms with E-state index in [1.165, 1.54) is 38.5 Å². The Hall–Kier alpha value is -1.03. The molecule has 0 saturated heterocycles. The molecule has 19 heavy (non-hydrogen) atoms. The van der Waals surface area contributed by atoms with Crippen LogP contribution in [0.25, 0.3) is 0 Å². The highest BCUT2D eigenvalue weighted by Crippen LogP contribution is 2.27. The zero-order valence-corrected chi connectivity index (χ0v) is 12.7. The van der Waals surface area contributed by atoms with Crippen LogP contribution in [0.2, 0.25) is 0 Å². The van der Waals surface area contributed by atoms with E-state index in [0.717, 1.165) is 24.4 Å². The molecule has 0 aliphatic carbocycles. The molecule has 0 fully saturated rings. The van der Waals surface area contributed by atoms with Crippen molar-refractivity contribution in [3.05, 3.63) is 11.9 Å². The van der Waals surface area contributed by atoms with Crippen LogP contribution in [0.15, 0.2) is 6.20 Å². The summed E-state index contributed by atoms with van der Waals surface area (Å²) in [4.78, 5) is 0. The highest BCUT2D eigenvalue weighted by atomic mass is 16.5. The standard InChI is InChI=1S/C15H29N3O/c1-4-6-7-8-9-10-11-13(16)15-14(19-3)12-17-18(15)5-2/h12-13H,4-11,16H2,1-3H3. The Balaban J connectivity index is 2.40. The minimum atomic E-state index is 0.0311. The number of nitrogens with two attached hydrogens (primary N) is 1. The maximum Gasteiger partial charge on any atom is 0.161 e. The van der Waals surface area contributed by atoms with E-state index in [1.54, 1.807) is 13.3 Å². The zero-order chi connectivity index (χ0) is 14.1. The SMILES string of the molecule is CCCCCCCCC(N)c1c(OC)cnn1CC. The first-order chi connectivity index (χ1) is 9.24. The number of ether oxygens (including phenoxy) is 1. The normalized spacial score (nSPS) is 12.6. The van der Waals surface area contributed by atoms with Gasteiger partial charge in [0.25, 0.3) is 0 Å². The van der Waals surface area contributed by atoms with Gasteiger partial charge < -0.3 is 10.5 Å². The average molecular weight is 267 g/mol. The molecule has 1 rings (SSSR count). The minimum absolute atomic E-state index is 0.0311. The summed E-state index contributed by atoms with van der Waals surface area (Å²) in [7, 11) is 1.68. The molecule has 1 atom stereocenters. The van der Waals surface area contributed by atoms with Crippen molar-refractivity contribution in [2.45, 2.75) is 71.4 Å². The molecule has 110 valence electrons. The summed E-state index contributed by atoms with van der Waals surface area (Å²) in [5, 5.41) is 4.31. The van der Waals surface area contributed by atoms with E-state index in [2.05, 4.69) is 18.9 Å². The quantitative estimate of drug-likeness (QED) is 0.658. The third-order valence-corrected chi connectivity index (χ3v) is 3.58. The first kappa shape index (κ1) is 16.0. The first-order valence-electron chi connectivity index (χ1n) is 7.59. The Morgan fingerprint density at radius 3 is 2.53 bits per heavy atom. The van der Waals surface area contributed by atoms with Crippen molar-refractivity contribution in [3.8, 4) is 5.75 Å². The number of hydrogen-bond donors (Lipinski definition) is 1. The molecule has 0 aromatic carbocycles. The highest BCUT2D eigenvalue weighted by Gasteiger charge is 2.17. The number of aryl methyl sites for hydroxylation is 1. The van der Waals surface area contributed by atoms with Gasteiger partial charge in [-0.1, -0.05) is 45.4 Å². The van der Waals surface area contributed by atoms with Gasteiger partial charge in [0.2, 0.25) is 0 Å². The molecule has 0 aliphatic heterocycles. The lowest BCUT2D eigenvalue weighted by molar-refractivity contribution is 0.397. The van der Waals surface area contributed by atoms with Gasteiger partial charge in [0.15, 0.2) is 5.75 Å². The van der Waals surface area contributed by atoms with Crippen LogP contribution in [-0.4, -0.2) is 16.9 Å². The second kappa shape index (κ2) is 8.97. The average Bonchev–Trinajstić information content (AvgIpc) is 2.85. The van der Waals surface area contributed by atoms with Crippen molar-refractivity contribution in [1.29, 1.82) is 0 Å². The number of unbranched alkanes of at least 4 members (excludes halogenated alkanes) is 5. The number of rotatable bonds is 10. The van der Waals surface area contributed by atoms with Crippen LogP contribution in [0.4, 0.5) is 0 Å². The van der Waals surface area contributed by atoms with Crippen molar-refractivity contribution in [1.82, 2.24) is 9.78 Å². The Morgan fingerprint density at radius 2 is 1.89 bits per heavy atom. The maximum absolute atomic E-state index is 6.29. The molecule has 1 aromatic heterocycles. The smallest absolute Gasteiger partial charge is 0.161 e. The van der Waals surface area contributed by atoms with Gasteiger partial charge in [-0.3, -0.25) is 4.68 Å². The fourth-order valence-corrected chi connectivity index (χ4v) is 2.44. The molecule has 1 unspecified atom stereocenters. The van der Waals surface area contributed by atoms with Gasteiger partial charge in [0.05, 0.1) is 25.0 Å². The van der Waals surface area contributed by atoms with Gasteiger partial charge in [-0.25, -0.2) is 0 Å². The molecule has 1 aromatic rings. The van der Waals surface area contributed by atoms with Crippen LogP contribution in [0, 0.1) is 0 Å². The molecule has 0 radical (unpaired) electrons. The number of aromatic nitrogens is 2. The summed E-state index contributed by atoms with van der Waals surface area (Å²) in [6.45, 7) is 5.16. The highest BCUT2D eigenvalue weighted by molar-refractivity contribution is 5.28. The Morgan fingerprint density at radius 1 is 1.21 bits per heavy atom. The maximum atomic E-state index is 6.29. The van der Waals surface area contributed by atoms with Crippen LogP contribution >= 0.6 is 0 Å². The zero-order valence-electron chi connectivity index (χ0n) is 12.7. The second-order valence-electron chi connectivity index (χ2n) is 5.08. The van der Waals surface area contributed by atoms with Gasteiger partial charge in [-0.05, 0) is 13.3 Å². The molecular formula is C15H29N3O. The molecule has 0 aliphatic rings. The Bertz CT molecular complexity index is 328. The summed E-state index contributed by atoms with van der Waals surface area (Å²) in [5.41, 5.74) is 7.33. The predicted octanol–water partition coefficient (Wildman–Crippen LogP) is 3.66. The van der Waals surface area contributed by atoms with Gasteiger partial charge in [0.1, 0.15) is 0 Å². The second-order valence-corrected chi connectivity index (χ2v) is 5.08. The van der Waals surface area contributed by atoms with Gasteiger partial charge in [0, 0.05) is 6.54 Å². The van der Waals surface area contributed by atoms with Crippen molar-refractivity contribution < 1.29 is 4.74 Å². The van der Waals surface area contributed by atoms with Gasteiger partial charge >= 0.3 is 0 Å². The third-order valence-electron chi connectivity index (χ3n) is 3.58. The van der Waals surface area contributed by atoms with E-state index in [9.17, 15) is 0 Å². The molecule has 2 N–H and O–H groups in total. The molecular weight excluding hydrogens is 238 g/mol. The van der Waals surface area contributed by atoms with E-state index >= 15 is 0 Å². The summed E-state index contributed by atoms with van der Waals surface area (Å²) < 4.78 is 7.29. The minimum Gasteiger partial charge on any atom is -0.493 e. The molecule has 0 saturated carbocycles. The number of nitrogens with zero attached hydrogens (tertiary/aromatic N) is 2. The molecule has 0 bridgehead atoms. The lowest BCUT2D eigenvalue weighted by Crippen LogP contribution is -2.16. The van der Waals surface area contributed by atoms with Crippen molar-refractivity contribution in [2.24, 2.45) is 5.73 Å². The Kier molecular flexibility index (Phi) is 7.56. The first-order valence-corrected chi connectivity index (χ1v) is 7.59. The van der Waals surface area contributed by atoms with Crippen LogP contribution in [0.3, 0.4) is 0 Å². The van der Waals surface area contributed by atoms with E-state index < -0.39 is 0 Å². The fraction of sp³-hybridized carbons (Fsp3) is 0.800. The Labute approximate surface area is 117 Å². The topological polar surface area (TPSA) is 53.1 Å². The molecule has 1 heterocycles. The van der Waals surface area contributed by atoms with Crippen LogP contribution in [0.1, 0.15) is 70.5 Å².